The highest BCUT2D eigenvalue weighted by molar-refractivity contribution is 6.58. The van der Waals surface area contributed by atoms with Crippen LogP contribution < -0.4 is 5.19 Å². The molecule has 0 atom stereocenters. The average Bonchev–Trinajstić information content (AvgIpc) is 2.15. The van der Waals surface area contributed by atoms with Crippen LogP contribution in [0.1, 0.15) is 26.3 Å². The maximum Gasteiger partial charge on any atom is 0.0782 e. The van der Waals surface area contributed by atoms with E-state index in [2.05, 4.69) is 50.4 Å². The third-order valence-corrected chi connectivity index (χ3v) is 4.16. The van der Waals surface area contributed by atoms with Gasteiger partial charge in [0, 0.05) is 0 Å². The highest BCUT2D eigenvalue weighted by Gasteiger charge is 1.94. The van der Waals surface area contributed by atoms with E-state index in [1.807, 2.05) is 6.92 Å². The van der Waals surface area contributed by atoms with Crippen molar-refractivity contribution in [2.45, 2.75) is 20.8 Å². The Morgan fingerprint density at radius 1 is 1.14 bits per heavy atom. The van der Waals surface area contributed by atoms with E-state index in [1.54, 1.807) is 0 Å². The van der Waals surface area contributed by atoms with Crippen LogP contribution >= 0.6 is 0 Å². The second-order valence-electron chi connectivity index (χ2n) is 3.96. The third kappa shape index (κ3) is 3.34. The Kier molecular flexibility index (Phi) is 3.90. The minimum Gasteiger partial charge on any atom is -0.0975 e. The van der Waals surface area contributed by atoms with E-state index in [1.165, 1.54) is 16.3 Å². The lowest BCUT2D eigenvalue weighted by atomic mass is 10.1. The predicted molar refractivity (Wildman–Crippen MR) is 68.8 cm³/mol. The Morgan fingerprint density at radius 3 is 2.14 bits per heavy atom. The molecule has 0 aliphatic heterocycles. The first kappa shape index (κ1) is 11.0. The molecule has 0 aromatic heterocycles. The SMILES string of the molecule is C=C(C)c1ccc([SiH2]C=C(C)C)cc1. The van der Waals surface area contributed by atoms with Gasteiger partial charge in [-0.3, -0.25) is 0 Å². The van der Waals surface area contributed by atoms with Crippen LogP contribution in [-0.2, 0) is 0 Å². The van der Waals surface area contributed by atoms with E-state index in [4.69, 9.17) is 0 Å². The van der Waals surface area contributed by atoms with Gasteiger partial charge in [0.15, 0.2) is 0 Å². The van der Waals surface area contributed by atoms with Gasteiger partial charge in [-0.2, -0.15) is 0 Å². The number of hydrogen-bond acceptors (Lipinski definition) is 0. The molecule has 0 aliphatic rings. The molecule has 0 spiro atoms. The smallest absolute Gasteiger partial charge is 0.0782 e. The van der Waals surface area contributed by atoms with Gasteiger partial charge in [-0.05, 0) is 26.3 Å². The van der Waals surface area contributed by atoms with Crippen LogP contribution in [0.4, 0.5) is 0 Å². The lowest BCUT2D eigenvalue weighted by molar-refractivity contribution is 1.41. The summed E-state index contributed by atoms with van der Waals surface area (Å²) in [6.07, 6.45) is 0. The molecule has 0 unspecified atom stereocenters. The van der Waals surface area contributed by atoms with E-state index < -0.39 is 0 Å². The van der Waals surface area contributed by atoms with Crippen LogP contribution in [0.15, 0.2) is 42.1 Å². The highest BCUT2D eigenvalue weighted by atomic mass is 28.2. The topological polar surface area (TPSA) is 0 Å². The Labute approximate surface area is 89.2 Å². The van der Waals surface area contributed by atoms with Gasteiger partial charge in [-0.15, -0.1) is 0 Å². The van der Waals surface area contributed by atoms with E-state index in [0.29, 0.717) is 0 Å². The minimum absolute atomic E-state index is 0.191. The summed E-state index contributed by atoms with van der Waals surface area (Å²) in [6.45, 7) is 10.3. The first-order valence-corrected chi connectivity index (χ1v) is 6.50. The van der Waals surface area contributed by atoms with E-state index in [0.717, 1.165) is 5.57 Å². The van der Waals surface area contributed by atoms with Crippen LogP contribution in [0.25, 0.3) is 5.57 Å². The van der Waals surface area contributed by atoms with E-state index in [9.17, 15) is 0 Å². The maximum atomic E-state index is 3.93. The van der Waals surface area contributed by atoms with Crippen molar-refractivity contribution in [3.8, 4) is 0 Å². The fraction of sp³-hybridized carbons (Fsp3) is 0.231. The van der Waals surface area contributed by atoms with Gasteiger partial charge in [-0.1, -0.05) is 52.9 Å². The normalized spacial score (nSPS) is 10.5. The van der Waals surface area contributed by atoms with E-state index in [-0.39, 0.29) is 9.52 Å². The zero-order valence-corrected chi connectivity index (χ0v) is 10.7. The summed E-state index contributed by atoms with van der Waals surface area (Å²) >= 11 is 0. The second kappa shape index (κ2) is 4.96. The standard InChI is InChI=1S/C13H18Si/c1-10(2)9-14-13-7-5-12(6-8-13)11(3)4/h5-9H,3,14H2,1-2,4H3. The van der Waals surface area contributed by atoms with Gasteiger partial charge in [0.1, 0.15) is 0 Å². The van der Waals surface area contributed by atoms with Gasteiger partial charge < -0.3 is 0 Å². The Bertz CT molecular complexity index is 340. The molecule has 0 radical (unpaired) electrons. The molecule has 0 amide bonds. The molecule has 0 nitrogen and oxygen atoms in total. The molecular formula is C13H18Si. The molecule has 0 fully saturated rings. The first-order chi connectivity index (χ1) is 6.59. The van der Waals surface area contributed by atoms with Crippen molar-refractivity contribution in [2.75, 3.05) is 0 Å². The predicted octanol–water partition coefficient (Wildman–Crippen LogP) is 2.44. The quantitative estimate of drug-likeness (QED) is 0.661. The van der Waals surface area contributed by atoms with Crippen molar-refractivity contribution >= 4 is 20.3 Å². The van der Waals surface area contributed by atoms with Gasteiger partial charge in [0.25, 0.3) is 0 Å². The molecule has 74 valence electrons. The molecule has 14 heavy (non-hydrogen) atoms. The highest BCUT2D eigenvalue weighted by Crippen LogP contribution is 2.08. The van der Waals surface area contributed by atoms with Crippen LogP contribution in [0.3, 0.4) is 0 Å². The van der Waals surface area contributed by atoms with Crippen molar-refractivity contribution in [1.29, 1.82) is 0 Å². The van der Waals surface area contributed by atoms with Crippen LogP contribution in [0.2, 0.25) is 0 Å². The molecule has 0 aliphatic carbocycles. The largest absolute Gasteiger partial charge is 0.0975 e. The Hall–Kier alpha value is -1.08. The molecule has 1 rings (SSSR count). The first-order valence-electron chi connectivity index (χ1n) is 4.98. The summed E-state index contributed by atoms with van der Waals surface area (Å²) in [7, 11) is -0.191. The van der Waals surface area contributed by atoms with Crippen LogP contribution in [0, 0.1) is 0 Å². The summed E-state index contributed by atoms with van der Waals surface area (Å²) in [5.41, 5.74) is 6.21. The van der Waals surface area contributed by atoms with Crippen molar-refractivity contribution < 1.29 is 0 Å². The molecule has 0 saturated heterocycles. The fourth-order valence-electron chi connectivity index (χ4n) is 1.25. The fourth-order valence-corrected chi connectivity index (χ4v) is 2.40. The zero-order chi connectivity index (χ0) is 10.6. The average molecular weight is 202 g/mol. The molecule has 0 bridgehead atoms. The number of benzene rings is 1. The third-order valence-electron chi connectivity index (χ3n) is 2.19. The number of hydrogen-bond donors (Lipinski definition) is 0. The monoisotopic (exact) mass is 202 g/mol. The molecule has 1 aromatic carbocycles. The zero-order valence-electron chi connectivity index (χ0n) is 9.30. The van der Waals surface area contributed by atoms with Crippen LogP contribution in [-0.4, -0.2) is 9.52 Å². The maximum absolute atomic E-state index is 3.93. The summed E-state index contributed by atoms with van der Waals surface area (Å²) in [5.74, 6) is 0. The molecule has 0 N–H and O–H groups in total. The molecule has 1 aromatic rings. The van der Waals surface area contributed by atoms with Crippen LogP contribution in [0.5, 0.6) is 0 Å². The molecular weight excluding hydrogens is 184 g/mol. The van der Waals surface area contributed by atoms with Gasteiger partial charge in [0.05, 0.1) is 9.52 Å². The van der Waals surface area contributed by atoms with Gasteiger partial charge in [-0.25, -0.2) is 0 Å². The lowest BCUT2D eigenvalue weighted by Crippen LogP contribution is -2.11. The number of rotatable bonds is 3. The van der Waals surface area contributed by atoms with Gasteiger partial charge >= 0.3 is 0 Å². The van der Waals surface area contributed by atoms with E-state index >= 15 is 0 Å². The summed E-state index contributed by atoms with van der Waals surface area (Å²) in [4.78, 5) is 0. The van der Waals surface area contributed by atoms with Crippen molar-refractivity contribution in [1.82, 2.24) is 0 Å². The Balaban J connectivity index is 2.74. The van der Waals surface area contributed by atoms with Crippen molar-refractivity contribution in [3.63, 3.8) is 0 Å². The minimum atomic E-state index is -0.191. The summed E-state index contributed by atoms with van der Waals surface area (Å²) in [5, 5.41) is 1.50. The van der Waals surface area contributed by atoms with Crippen molar-refractivity contribution in [2.24, 2.45) is 0 Å². The molecule has 0 saturated carbocycles. The van der Waals surface area contributed by atoms with Gasteiger partial charge in [0.2, 0.25) is 0 Å². The Morgan fingerprint density at radius 2 is 1.71 bits per heavy atom. The molecule has 1 heteroatoms. The summed E-state index contributed by atoms with van der Waals surface area (Å²) < 4.78 is 0. The summed E-state index contributed by atoms with van der Waals surface area (Å²) in [6, 6.07) is 8.80. The lowest BCUT2D eigenvalue weighted by Gasteiger charge is -2.01. The number of allylic oxidation sites excluding steroid dienone is 2. The van der Waals surface area contributed by atoms with Crippen molar-refractivity contribution in [3.05, 3.63) is 47.7 Å². The molecule has 0 heterocycles. The second-order valence-corrected chi connectivity index (χ2v) is 5.60.